The Hall–Kier alpha value is -3.41. The van der Waals surface area contributed by atoms with Crippen LogP contribution in [0.4, 0.5) is 0 Å². The van der Waals surface area contributed by atoms with E-state index in [1.54, 1.807) is 19.2 Å². The Morgan fingerprint density at radius 2 is 1.77 bits per heavy atom. The maximum absolute atomic E-state index is 13.0. The Morgan fingerprint density at radius 3 is 2.49 bits per heavy atom. The first kappa shape index (κ1) is 23.3. The van der Waals surface area contributed by atoms with Gasteiger partial charge in [-0.3, -0.25) is 9.78 Å². The molecule has 5 rings (SSSR count). The minimum absolute atomic E-state index is 0.121. The van der Waals surface area contributed by atoms with Crippen molar-refractivity contribution in [1.82, 2.24) is 9.88 Å². The molecule has 2 aliphatic rings. The number of benzene rings is 1. The van der Waals surface area contributed by atoms with Gasteiger partial charge < -0.3 is 14.8 Å². The first-order chi connectivity index (χ1) is 16.9. The van der Waals surface area contributed by atoms with Crippen LogP contribution in [-0.4, -0.2) is 36.0 Å². The van der Waals surface area contributed by atoms with Crippen LogP contribution in [0.15, 0.2) is 48.9 Å². The van der Waals surface area contributed by atoms with Crippen LogP contribution in [0.2, 0.25) is 0 Å². The summed E-state index contributed by atoms with van der Waals surface area (Å²) in [5.41, 5.74) is 8.45. The highest BCUT2D eigenvalue weighted by atomic mass is 16.5. The number of likely N-dealkylation sites (tertiary alicyclic amines) is 1. The van der Waals surface area contributed by atoms with Crippen LogP contribution in [0.1, 0.15) is 57.8 Å². The maximum Gasteiger partial charge on any atom is 0.226 e. The van der Waals surface area contributed by atoms with Crippen molar-refractivity contribution >= 4 is 5.91 Å². The van der Waals surface area contributed by atoms with Crippen molar-refractivity contribution in [2.75, 3.05) is 20.2 Å². The molecule has 1 amide bonds. The number of carbonyl (C=O) groups is 1. The zero-order valence-corrected chi connectivity index (χ0v) is 20.8. The van der Waals surface area contributed by atoms with Crippen molar-refractivity contribution in [1.29, 1.82) is 0 Å². The standard InChI is InChI=1S/C29H33N3O3/c1-19-14-23-4-5-24-15-20(2)18-30-29(24)28(27(23)25(16-19)35-3)22-8-10-31(11-9-22)26(33)17-21-6-12-32(34)13-7-21/h6-7,12-16,18,22,28H,4-5,8-11,17H2,1-3H3/t28-/m1/s1. The van der Waals surface area contributed by atoms with E-state index in [4.69, 9.17) is 9.72 Å². The van der Waals surface area contributed by atoms with E-state index in [0.29, 0.717) is 12.3 Å². The SMILES string of the molecule is COc1cc(C)cc2c1[C@@H](C1CCN(C(=O)Cc3cc[n+]([O-])cc3)CC1)c1ncc(C)cc1CC2. The molecule has 2 aromatic heterocycles. The van der Waals surface area contributed by atoms with E-state index in [-0.39, 0.29) is 11.8 Å². The molecule has 1 aliphatic carbocycles. The highest BCUT2D eigenvalue weighted by molar-refractivity contribution is 5.78. The molecular formula is C29H33N3O3. The third kappa shape index (κ3) is 4.75. The number of carbonyl (C=O) groups excluding carboxylic acids is 1. The summed E-state index contributed by atoms with van der Waals surface area (Å²) >= 11 is 0. The van der Waals surface area contributed by atoms with Crippen molar-refractivity contribution in [3.63, 3.8) is 0 Å². The summed E-state index contributed by atoms with van der Waals surface area (Å²) in [6.45, 7) is 5.71. The second-order valence-electron chi connectivity index (χ2n) is 10.0. The van der Waals surface area contributed by atoms with Gasteiger partial charge in [0.2, 0.25) is 5.91 Å². The molecule has 6 heteroatoms. The van der Waals surface area contributed by atoms with Gasteiger partial charge in [-0.1, -0.05) is 12.1 Å². The molecule has 0 N–H and O–H groups in total. The van der Waals surface area contributed by atoms with Gasteiger partial charge in [0.15, 0.2) is 12.4 Å². The summed E-state index contributed by atoms with van der Waals surface area (Å²) in [4.78, 5) is 19.9. The molecule has 0 unspecified atom stereocenters. The van der Waals surface area contributed by atoms with Gasteiger partial charge in [-0.2, -0.15) is 4.73 Å². The molecule has 1 aliphatic heterocycles. The number of methoxy groups -OCH3 is 1. The zero-order chi connectivity index (χ0) is 24.5. The lowest BCUT2D eigenvalue weighted by Crippen LogP contribution is -2.41. The fourth-order valence-corrected chi connectivity index (χ4v) is 5.88. The number of rotatable bonds is 4. The number of aromatic nitrogens is 2. The van der Waals surface area contributed by atoms with E-state index in [1.165, 1.54) is 45.9 Å². The van der Waals surface area contributed by atoms with Gasteiger partial charge in [0.05, 0.1) is 19.2 Å². The molecule has 0 saturated carbocycles. The molecule has 1 saturated heterocycles. The predicted molar refractivity (Wildman–Crippen MR) is 134 cm³/mol. The Bertz CT molecular complexity index is 1230. The summed E-state index contributed by atoms with van der Waals surface area (Å²) in [6, 6.07) is 10.2. The van der Waals surface area contributed by atoms with E-state index in [1.807, 2.05) is 11.1 Å². The second-order valence-corrected chi connectivity index (χ2v) is 10.0. The fraction of sp³-hybridized carbons (Fsp3) is 0.414. The van der Waals surface area contributed by atoms with Crippen molar-refractivity contribution in [2.45, 2.75) is 51.9 Å². The normalized spacial score (nSPS) is 17.9. The molecule has 0 bridgehead atoms. The number of fused-ring (bicyclic) bond motifs is 2. The van der Waals surface area contributed by atoms with Gasteiger partial charge in [0.1, 0.15) is 5.75 Å². The van der Waals surface area contributed by atoms with Crippen LogP contribution >= 0.6 is 0 Å². The highest BCUT2D eigenvalue weighted by Crippen LogP contribution is 2.46. The first-order valence-corrected chi connectivity index (χ1v) is 12.5. The third-order valence-corrected chi connectivity index (χ3v) is 7.59. The fourth-order valence-electron chi connectivity index (χ4n) is 5.88. The van der Waals surface area contributed by atoms with Crippen molar-refractivity contribution in [3.05, 3.63) is 93.2 Å². The van der Waals surface area contributed by atoms with Crippen molar-refractivity contribution < 1.29 is 14.3 Å². The van der Waals surface area contributed by atoms with Gasteiger partial charge in [-0.05, 0) is 79.3 Å². The monoisotopic (exact) mass is 471 g/mol. The molecule has 0 spiro atoms. The number of hydrogen-bond acceptors (Lipinski definition) is 4. The summed E-state index contributed by atoms with van der Waals surface area (Å²) in [6.07, 6.45) is 9.03. The molecule has 182 valence electrons. The molecule has 3 aromatic rings. The minimum atomic E-state index is 0.121. The quantitative estimate of drug-likeness (QED) is 0.425. The van der Waals surface area contributed by atoms with Crippen LogP contribution in [-0.2, 0) is 24.1 Å². The molecule has 35 heavy (non-hydrogen) atoms. The Balaban J connectivity index is 1.42. The van der Waals surface area contributed by atoms with Gasteiger partial charge in [-0.15, -0.1) is 0 Å². The second kappa shape index (κ2) is 9.68. The lowest BCUT2D eigenvalue weighted by Gasteiger charge is -2.37. The van der Waals surface area contributed by atoms with Crippen LogP contribution in [0, 0.1) is 25.0 Å². The topological polar surface area (TPSA) is 69.4 Å². The lowest BCUT2D eigenvalue weighted by atomic mass is 9.75. The molecule has 1 aromatic carbocycles. The molecule has 6 nitrogen and oxygen atoms in total. The average Bonchev–Trinajstić information content (AvgIpc) is 3.01. The summed E-state index contributed by atoms with van der Waals surface area (Å²) in [5.74, 6) is 1.63. The molecular weight excluding hydrogens is 438 g/mol. The third-order valence-electron chi connectivity index (χ3n) is 7.59. The zero-order valence-electron chi connectivity index (χ0n) is 20.8. The first-order valence-electron chi connectivity index (χ1n) is 12.5. The number of ether oxygens (including phenoxy) is 1. The molecule has 1 atom stereocenters. The summed E-state index contributed by atoms with van der Waals surface area (Å²) < 4.78 is 6.67. The van der Waals surface area contributed by atoms with Gasteiger partial charge in [0, 0.05) is 42.9 Å². The lowest BCUT2D eigenvalue weighted by molar-refractivity contribution is -0.605. The van der Waals surface area contributed by atoms with E-state index in [2.05, 4.69) is 32.0 Å². The number of amides is 1. The number of nitrogens with zero attached hydrogens (tertiary/aromatic N) is 3. The number of aryl methyl sites for hydroxylation is 4. The summed E-state index contributed by atoms with van der Waals surface area (Å²) in [5, 5.41) is 11.3. The maximum atomic E-state index is 13.0. The van der Waals surface area contributed by atoms with Crippen LogP contribution in [0.25, 0.3) is 0 Å². The Kier molecular flexibility index (Phi) is 6.46. The van der Waals surface area contributed by atoms with Gasteiger partial charge in [-0.25, -0.2) is 0 Å². The van der Waals surface area contributed by atoms with E-state index >= 15 is 0 Å². The van der Waals surface area contributed by atoms with E-state index in [9.17, 15) is 10.0 Å². The molecule has 3 heterocycles. The molecule has 0 radical (unpaired) electrons. The predicted octanol–water partition coefficient (Wildman–Crippen LogP) is 4.05. The van der Waals surface area contributed by atoms with E-state index in [0.717, 1.165) is 54.8 Å². The average molecular weight is 472 g/mol. The largest absolute Gasteiger partial charge is 0.619 e. The van der Waals surface area contributed by atoms with E-state index < -0.39 is 0 Å². The van der Waals surface area contributed by atoms with Gasteiger partial charge in [0.25, 0.3) is 0 Å². The number of piperidine rings is 1. The van der Waals surface area contributed by atoms with Crippen LogP contribution < -0.4 is 9.47 Å². The van der Waals surface area contributed by atoms with Gasteiger partial charge >= 0.3 is 0 Å². The van der Waals surface area contributed by atoms with Crippen LogP contribution in [0.5, 0.6) is 5.75 Å². The van der Waals surface area contributed by atoms with Crippen molar-refractivity contribution in [3.8, 4) is 5.75 Å². The molecule has 1 fully saturated rings. The minimum Gasteiger partial charge on any atom is -0.619 e. The summed E-state index contributed by atoms with van der Waals surface area (Å²) in [7, 11) is 1.76. The van der Waals surface area contributed by atoms with Crippen molar-refractivity contribution in [2.24, 2.45) is 5.92 Å². The highest BCUT2D eigenvalue weighted by Gasteiger charge is 2.36. The smallest absolute Gasteiger partial charge is 0.226 e. The Labute approximate surface area is 207 Å². The van der Waals surface area contributed by atoms with Crippen LogP contribution in [0.3, 0.4) is 0 Å². The Morgan fingerprint density at radius 1 is 1.09 bits per heavy atom. The number of pyridine rings is 2. The number of hydrogen-bond donors (Lipinski definition) is 0.